The van der Waals surface area contributed by atoms with Crippen molar-refractivity contribution >= 4 is 34.7 Å². The number of hydrogen-bond donors (Lipinski definition) is 1. The summed E-state index contributed by atoms with van der Waals surface area (Å²) < 4.78 is 1.72. The summed E-state index contributed by atoms with van der Waals surface area (Å²) in [7, 11) is 0. The normalized spacial score (nSPS) is 10.8. The Hall–Kier alpha value is -2.19. The van der Waals surface area contributed by atoms with Gasteiger partial charge in [0.2, 0.25) is 11.1 Å². The van der Waals surface area contributed by atoms with E-state index >= 15 is 0 Å². The summed E-state index contributed by atoms with van der Waals surface area (Å²) in [6, 6.07) is 10.1. The minimum absolute atomic E-state index is 0.0559. The molecule has 0 bridgehead atoms. The Labute approximate surface area is 154 Å². The fourth-order valence-electron chi connectivity index (χ4n) is 2.46. The van der Waals surface area contributed by atoms with Crippen LogP contribution < -0.4 is 5.32 Å². The number of tetrazole rings is 1. The molecule has 1 N–H and O–H groups in total. The van der Waals surface area contributed by atoms with Crippen LogP contribution in [0.25, 0.3) is 0 Å². The summed E-state index contributed by atoms with van der Waals surface area (Å²) in [5.74, 6) is 0.210. The number of para-hydroxylation sites is 1. The van der Waals surface area contributed by atoms with E-state index in [4.69, 9.17) is 0 Å². The Bertz CT molecular complexity index is 845. The van der Waals surface area contributed by atoms with Crippen molar-refractivity contribution in [2.24, 2.45) is 0 Å². The number of hydrogen-bond acceptors (Lipinski definition) is 6. The monoisotopic (exact) mass is 373 g/mol. The van der Waals surface area contributed by atoms with E-state index in [0.717, 1.165) is 23.2 Å². The lowest BCUT2D eigenvalue weighted by Crippen LogP contribution is -2.16. The molecule has 0 aliphatic carbocycles. The first-order valence-corrected chi connectivity index (χ1v) is 9.83. The zero-order valence-electron chi connectivity index (χ0n) is 14.1. The van der Waals surface area contributed by atoms with E-state index in [1.54, 1.807) is 16.0 Å². The smallest absolute Gasteiger partial charge is 0.234 e. The van der Waals surface area contributed by atoms with Gasteiger partial charge in [-0.25, -0.2) is 4.68 Å². The van der Waals surface area contributed by atoms with Crippen LogP contribution in [0.1, 0.15) is 22.9 Å². The molecule has 0 saturated heterocycles. The van der Waals surface area contributed by atoms with E-state index < -0.39 is 0 Å². The summed E-state index contributed by atoms with van der Waals surface area (Å²) in [6.07, 6.45) is 0.878. The summed E-state index contributed by atoms with van der Waals surface area (Å²) in [5.41, 5.74) is 3.12. The lowest BCUT2D eigenvalue weighted by Gasteiger charge is -2.12. The average molecular weight is 374 g/mol. The number of aryl methyl sites for hydroxylation is 2. The Morgan fingerprint density at radius 1 is 1.32 bits per heavy atom. The molecule has 0 spiro atoms. The van der Waals surface area contributed by atoms with E-state index in [1.165, 1.54) is 16.6 Å². The van der Waals surface area contributed by atoms with Crippen molar-refractivity contribution in [3.05, 3.63) is 51.7 Å². The molecule has 0 aliphatic heterocycles. The molecule has 0 unspecified atom stereocenters. The molecule has 3 rings (SSSR count). The average Bonchev–Trinajstić information content (AvgIpc) is 3.27. The van der Waals surface area contributed by atoms with E-state index in [-0.39, 0.29) is 11.7 Å². The standard InChI is InChI=1S/C17H19N5OS2/c1-3-13-7-4-6-12(2)16(13)18-15(23)11-25-17-19-20-21-22(17)10-14-8-5-9-24-14/h4-9H,3,10-11H2,1-2H3,(H,18,23). The maximum atomic E-state index is 12.3. The van der Waals surface area contributed by atoms with E-state index in [9.17, 15) is 4.79 Å². The molecule has 2 aromatic heterocycles. The third-order valence-corrected chi connectivity index (χ3v) is 5.54. The third kappa shape index (κ3) is 4.46. The maximum absolute atomic E-state index is 12.3. The highest BCUT2D eigenvalue weighted by molar-refractivity contribution is 7.99. The zero-order valence-corrected chi connectivity index (χ0v) is 15.7. The van der Waals surface area contributed by atoms with Gasteiger partial charge >= 0.3 is 0 Å². The number of thioether (sulfide) groups is 1. The molecule has 25 heavy (non-hydrogen) atoms. The predicted octanol–water partition coefficient (Wildman–Crippen LogP) is 3.38. The fraction of sp³-hybridized carbons (Fsp3) is 0.294. The Morgan fingerprint density at radius 3 is 2.96 bits per heavy atom. The first-order chi connectivity index (χ1) is 12.2. The van der Waals surface area contributed by atoms with Crippen LogP contribution in [0, 0.1) is 6.92 Å². The van der Waals surface area contributed by atoms with Crippen LogP contribution in [0.3, 0.4) is 0 Å². The van der Waals surface area contributed by atoms with Crippen molar-refractivity contribution < 1.29 is 4.79 Å². The van der Waals surface area contributed by atoms with Gasteiger partial charge in [0.25, 0.3) is 0 Å². The minimum atomic E-state index is -0.0559. The molecule has 0 radical (unpaired) electrons. The second kappa shape index (κ2) is 8.26. The molecule has 3 aromatic rings. The molecular formula is C17H19N5OS2. The second-order valence-corrected chi connectivity index (χ2v) is 7.47. The van der Waals surface area contributed by atoms with Gasteiger partial charge in [-0.05, 0) is 46.3 Å². The van der Waals surface area contributed by atoms with Gasteiger partial charge in [-0.15, -0.1) is 16.4 Å². The number of benzene rings is 1. The Morgan fingerprint density at radius 2 is 2.20 bits per heavy atom. The van der Waals surface area contributed by atoms with E-state index in [1.807, 2.05) is 42.6 Å². The van der Waals surface area contributed by atoms with Crippen molar-refractivity contribution in [1.82, 2.24) is 20.2 Å². The molecule has 2 heterocycles. The number of anilines is 1. The van der Waals surface area contributed by atoms with Crippen LogP contribution in [0.15, 0.2) is 40.9 Å². The minimum Gasteiger partial charge on any atom is -0.325 e. The first kappa shape index (κ1) is 17.6. The highest BCUT2D eigenvalue weighted by atomic mass is 32.2. The highest BCUT2D eigenvalue weighted by Crippen LogP contribution is 2.22. The Balaban J connectivity index is 1.61. The van der Waals surface area contributed by atoms with Gasteiger partial charge in [0.15, 0.2) is 0 Å². The number of rotatable bonds is 7. The van der Waals surface area contributed by atoms with Crippen LogP contribution in [0.2, 0.25) is 0 Å². The van der Waals surface area contributed by atoms with Crippen LogP contribution in [-0.2, 0) is 17.8 Å². The molecule has 1 aromatic carbocycles. The lowest BCUT2D eigenvalue weighted by molar-refractivity contribution is -0.113. The summed E-state index contributed by atoms with van der Waals surface area (Å²) in [4.78, 5) is 13.5. The number of aromatic nitrogens is 4. The number of carbonyl (C=O) groups excluding carboxylic acids is 1. The number of amides is 1. The van der Waals surface area contributed by atoms with Gasteiger partial charge in [0.05, 0.1) is 12.3 Å². The molecule has 130 valence electrons. The molecule has 0 aliphatic rings. The maximum Gasteiger partial charge on any atom is 0.234 e. The van der Waals surface area contributed by atoms with Crippen LogP contribution in [0.4, 0.5) is 5.69 Å². The molecular weight excluding hydrogens is 354 g/mol. The van der Waals surface area contributed by atoms with Crippen molar-refractivity contribution in [2.45, 2.75) is 32.0 Å². The SMILES string of the molecule is CCc1cccc(C)c1NC(=O)CSc1nnnn1Cc1cccs1. The van der Waals surface area contributed by atoms with Crippen LogP contribution in [-0.4, -0.2) is 31.9 Å². The molecule has 0 atom stereocenters. The topological polar surface area (TPSA) is 72.7 Å². The van der Waals surface area contributed by atoms with Gasteiger partial charge in [-0.2, -0.15) is 0 Å². The van der Waals surface area contributed by atoms with Gasteiger partial charge < -0.3 is 5.32 Å². The molecule has 6 nitrogen and oxygen atoms in total. The second-order valence-electron chi connectivity index (χ2n) is 5.50. The van der Waals surface area contributed by atoms with E-state index in [2.05, 4.69) is 27.8 Å². The third-order valence-electron chi connectivity index (χ3n) is 3.72. The van der Waals surface area contributed by atoms with Gasteiger partial charge in [-0.3, -0.25) is 4.79 Å². The quantitative estimate of drug-likeness (QED) is 0.643. The van der Waals surface area contributed by atoms with Crippen molar-refractivity contribution in [2.75, 3.05) is 11.1 Å². The largest absolute Gasteiger partial charge is 0.325 e. The predicted molar refractivity (Wildman–Crippen MR) is 101 cm³/mol. The van der Waals surface area contributed by atoms with Gasteiger partial charge in [0, 0.05) is 10.6 Å². The number of nitrogens with zero attached hydrogens (tertiary/aromatic N) is 4. The summed E-state index contributed by atoms with van der Waals surface area (Å²) in [6.45, 7) is 4.70. The number of nitrogens with one attached hydrogen (secondary N) is 1. The fourth-order valence-corrected chi connectivity index (χ4v) is 3.82. The van der Waals surface area contributed by atoms with Crippen LogP contribution >= 0.6 is 23.1 Å². The first-order valence-electron chi connectivity index (χ1n) is 7.97. The number of thiophene rings is 1. The molecule has 1 amide bonds. The molecule has 0 fully saturated rings. The zero-order chi connectivity index (χ0) is 17.6. The molecule has 0 saturated carbocycles. The van der Waals surface area contributed by atoms with Gasteiger partial charge in [-0.1, -0.05) is 43.0 Å². The van der Waals surface area contributed by atoms with Crippen molar-refractivity contribution in [3.63, 3.8) is 0 Å². The lowest BCUT2D eigenvalue weighted by atomic mass is 10.1. The Kier molecular flexibility index (Phi) is 5.83. The summed E-state index contributed by atoms with van der Waals surface area (Å²) in [5, 5.41) is 17.4. The van der Waals surface area contributed by atoms with Crippen molar-refractivity contribution in [1.29, 1.82) is 0 Å². The van der Waals surface area contributed by atoms with E-state index in [0.29, 0.717) is 11.7 Å². The van der Waals surface area contributed by atoms with Crippen LogP contribution in [0.5, 0.6) is 0 Å². The highest BCUT2D eigenvalue weighted by Gasteiger charge is 2.13. The summed E-state index contributed by atoms with van der Waals surface area (Å²) >= 11 is 3.00. The van der Waals surface area contributed by atoms with Gasteiger partial charge in [0.1, 0.15) is 0 Å². The molecule has 8 heteroatoms. The van der Waals surface area contributed by atoms with Crippen molar-refractivity contribution in [3.8, 4) is 0 Å². The number of carbonyl (C=O) groups is 1.